The standard InChI is InChI=1S/C72H134NO8P/c1-6-8-10-12-14-16-18-20-22-24-26-28-29-30-31-32-33-34-35-36-37-38-39-40-41-42-43-45-47-49-51-53-55-57-59-61-63-65-72(75)81-70(69-80-82(76,77)79-67-66-73(3,4)5)68-78-71(74)64-62-60-58-56-54-52-50-48-46-44-27-25-23-21-19-17-15-13-11-9-7-2/h8,10,14,16,20,22,25-28,70H,6-7,9,11-13,15,17-19,21,23-24,29-69H2,1-5H3/b10-8-,16-14-,22-20-,27-25-,28-26-. The molecular weight excluding hydrogens is 1040 g/mol. The molecule has 0 rings (SSSR count). The van der Waals surface area contributed by atoms with Gasteiger partial charge in [-0.25, -0.2) is 0 Å². The monoisotopic (exact) mass is 1170 g/mol. The Labute approximate surface area is 508 Å². The normalized spacial score (nSPS) is 13.5. The fraction of sp³-hybridized carbons (Fsp3) is 0.833. The number of likely N-dealkylation sites (N-methyl/N-ethyl adjacent to an activating group) is 1. The summed E-state index contributed by atoms with van der Waals surface area (Å²) in [5.41, 5.74) is 0. The van der Waals surface area contributed by atoms with Crippen molar-refractivity contribution in [2.75, 3.05) is 47.5 Å². The molecule has 0 fully saturated rings. The maximum atomic E-state index is 12.9. The van der Waals surface area contributed by atoms with Crippen molar-refractivity contribution in [3.8, 4) is 0 Å². The van der Waals surface area contributed by atoms with Crippen LogP contribution < -0.4 is 4.89 Å². The van der Waals surface area contributed by atoms with Gasteiger partial charge in [-0.1, -0.05) is 306 Å². The van der Waals surface area contributed by atoms with Crippen LogP contribution in [0.25, 0.3) is 0 Å². The van der Waals surface area contributed by atoms with Crippen molar-refractivity contribution in [1.82, 2.24) is 0 Å². The van der Waals surface area contributed by atoms with Crippen LogP contribution in [0.4, 0.5) is 0 Å². The molecule has 0 bridgehead atoms. The zero-order chi connectivity index (χ0) is 59.8. The van der Waals surface area contributed by atoms with Crippen molar-refractivity contribution in [3.63, 3.8) is 0 Å². The zero-order valence-electron chi connectivity index (χ0n) is 54.7. The lowest BCUT2D eigenvalue weighted by Gasteiger charge is -2.28. The van der Waals surface area contributed by atoms with Gasteiger partial charge in [-0.2, -0.15) is 0 Å². The molecule has 0 radical (unpaired) electrons. The molecule has 2 atom stereocenters. The molecule has 0 amide bonds. The van der Waals surface area contributed by atoms with E-state index in [2.05, 4.69) is 74.6 Å². The molecule has 0 aliphatic rings. The topological polar surface area (TPSA) is 111 Å². The SMILES string of the molecule is CC/C=C\C/C=C\C/C=C\C/C=C\CCCCCCCCCCCCCCCCCCCCCCCCCCC(=O)OC(COC(=O)CCCCCCCCCCC/C=C\CCCCCCCCCC)COP(=O)([O-])OCC[N+](C)(C)C. The molecule has 0 heterocycles. The van der Waals surface area contributed by atoms with Crippen LogP contribution in [0.5, 0.6) is 0 Å². The minimum atomic E-state index is -4.64. The van der Waals surface area contributed by atoms with Gasteiger partial charge in [-0.05, 0) is 77.0 Å². The Balaban J connectivity index is 3.95. The van der Waals surface area contributed by atoms with Crippen molar-refractivity contribution < 1.29 is 42.1 Å². The number of hydrogen-bond donors (Lipinski definition) is 0. The van der Waals surface area contributed by atoms with Crippen LogP contribution in [0.1, 0.15) is 335 Å². The van der Waals surface area contributed by atoms with Gasteiger partial charge in [0, 0.05) is 12.8 Å². The molecule has 0 aromatic rings. The average Bonchev–Trinajstić information content (AvgIpc) is 3.46. The first-order valence-electron chi connectivity index (χ1n) is 35.0. The summed E-state index contributed by atoms with van der Waals surface area (Å²) in [5, 5.41) is 0. The number of ether oxygens (including phenoxy) is 2. The summed E-state index contributed by atoms with van der Waals surface area (Å²) >= 11 is 0. The van der Waals surface area contributed by atoms with Crippen LogP contribution in [0, 0.1) is 0 Å². The van der Waals surface area contributed by atoms with Crippen LogP contribution in [0.15, 0.2) is 60.8 Å². The van der Waals surface area contributed by atoms with E-state index in [0.717, 1.165) is 57.8 Å². The number of phosphoric ester groups is 1. The van der Waals surface area contributed by atoms with Crippen LogP contribution in [0.2, 0.25) is 0 Å². The van der Waals surface area contributed by atoms with Crippen LogP contribution in [-0.2, 0) is 32.7 Å². The molecule has 82 heavy (non-hydrogen) atoms. The summed E-state index contributed by atoms with van der Waals surface area (Å²) in [6.07, 6.45) is 83.1. The van der Waals surface area contributed by atoms with Crippen molar-refractivity contribution in [2.45, 2.75) is 341 Å². The lowest BCUT2D eigenvalue weighted by atomic mass is 10.0. The number of nitrogens with zero attached hydrogens (tertiary/aromatic N) is 1. The van der Waals surface area contributed by atoms with Gasteiger partial charge in [-0.3, -0.25) is 14.2 Å². The van der Waals surface area contributed by atoms with E-state index in [0.29, 0.717) is 17.4 Å². The molecule has 10 heteroatoms. The van der Waals surface area contributed by atoms with E-state index < -0.39 is 26.5 Å². The third-order valence-corrected chi connectivity index (χ3v) is 16.5. The lowest BCUT2D eigenvalue weighted by Crippen LogP contribution is -2.37. The zero-order valence-corrected chi connectivity index (χ0v) is 55.6. The van der Waals surface area contributed by atoms with Gasteiger partial charge in [0.25, 0.3) is 7.82 Å². The highest BCUT2D eigenvalue weighted by molar-refractivity contribution is 7.45. The Bertz CT molecular complexity index is 1570. The van der Waals surface area contributed by atoms with Crippen molar-refractivity contribution in [3.05, 3.63) is 60.8 Å². The number of allylic oxidation sites excluding steroid dienone is 10. The van der Waals surface area contributed by atoms with E-state index in [4.69, 9.17) is 18.5 Å². The van der Waals surface area contributed by atoms with Crippen LogP contribution >= 0.6 is 7.82 Å². The van der Waals surface area contributed by atoms with Gasteiger partial charge < -0.3 is 27.9 Å². The molecule has 9 nitrogen and oxygen atoms in total. The van der Waals surface area contributed by atoms with Gasteiger partial charge in [0.05, 0.1) is 27.7 Å². The highest BCUT2D eigenvalue weighted by Gasteiger charge is 2.22. The predicted octanol–water partition coefficient (Wildman–Crippen LogP) is 22.0. The van der Waals surface area contributed by atoms with E-state index in [1.54, 1.807) is 0 Å². The first kappa shape index (κ1) is 79.7. The minimum absolute atomic E-state index is 0.0295. The number of rotatable bonds is 65. The number of quaternary nitrogens is 1. The van der Waals surface area contributed by atoms with E-state index in [9.17, 15) is 19.0 Å². The van der Waals surface area contributed by atoms with Gasteiger partial charge in [0.15, 0.2) is 6.10 Å². The Morgan fingerprint density at radius 2 is 0.695 bits per heavy atom. The fourth-order valence-electron chi connectivity index (χ4n) is 10.2. The molecule has 480 valence electrons. The van der Waals surface area contributed by atoms with Crippen molar-refractivity contribution in [1.29, 1.82) is 0 Å². The quantitative estimate of drug-likeness (QED) is 0.0195. The summed E-state index contributed by atoms with van der Waals surface area (Å²) in [6, 6.07) is 0. The smallest absolute Gasteiger partial charge is 0.306 e. The third-order valence-electron chi connectivity index (χ3n) is 15.5. The van der Waals surface area contributed by atoms with E-state index in [-0.39, 0.29) is 32.0 Å². The average molecular weight is 1170 g/mol. The number of carbonyl (C=O) groups is 2. The highest BCUT2D eigenvalue weighted by Crippen LogP contribution is 2.38. The summed E-state index contributed by atoms with van der Waals surface area (Å²) in [5.74, 6) is -0.819. The summed E-state index contributed by atoms with van der Waals surface area (Å²) in [4.78, 5) is 38.0. The molecule has 0 aromatic carbocycles. The first-order chi connectivity index (χ1) is 40.0. The Hall–Kier alpha value is -2.29. The highest BCUT2D eigenvalue weighted by atomic mass is 31.2. The number of esters is 2. The molecule has 0 aliphatic carbocycles. The summed E-state index contributed by atoms with van der Waals surface area (Å²) < 4.78 is 34.3. The minimum Gasteiger partial charge on any atom is -0.756 e. The van der Waals surface area contributed by atoms with Gasteiger partial charge in [0.2, 0.25) is 0 Å². The van der Waals surface area contributed by atoms with Crippen molar-refractivity contribution >= 4 is 19.8 Å². The Morgan fingerprint density at radius 3 is 1.05 bits per heavy atom. The van der Waals surface area contributed by atoms with E-state index in [1.807, 2.05) is 21.1 Å². The fourth-order valence-corrected chi connectivity index (χ4v) is 10.9. The first-order valence-corrected chi connectivity index (χ1v) is 36.5. The molecule has 2 unspecified atom stereocenters. The summed E-state index contributed by atoms with van der Waals surface area (Å²) in [7, 11) is 1.18. The van der Waals surface area contributed by atoms with Crippen LogP contribution in [0.3, 0.4) is 0 Å². The Morgan fingerprint density at radius 1 is 0.390 bits per heavy atom. The van der Waals surface area contributed by atoms with Crippen LogP contribution in [-0.4, -0.2) is 70.0 Å². The molecule has 0 N–H and O–H groups in total. The second kappa shape index (κ2) is 63.2. The molecule has 0 aromatic heterocycles. The number of phosphoric acid groups is 1. The van der Waals surface area contributed by atoms with Gasteiger partial charge in [-0.15, -0.1) is 0 Å². The maximum absolute atomic E-state index is 12.9. The second-order valence-corrected chi connectivity index (χ2v) is 26.3. The van der Waals surface area contributed by atoms with Gasteiger partial charge in [0.1, 0.15) is 19.8 Å². The molecule has 0 saturated heterocycles. The predicted molar refractivity (Wildman–Crippen MR) is 351 cm³/mol. The summed E-state index contributed by atoms with van der Waals surface area (Å²) in [6.45, 7) is 4.18. The molecule has 0 saturated carbocycles. The molecule has 0 aliphatic heterocycles. The third kappa shape index (κ3) is 66.8. The second-order valence-electron chi connectivity index (χ2n) is 24.9. The van der Waals surface area contributed by atoms with Crippen molar-refractivity contribution in [2.24, 2.45) is 0 Å². The van der Waals surface area contributed by atoms with E-state index in [1.165, 1.54) is 244 Å². The number of hydrogen-bond acceptors (Lipinski definition) is 8. The largest absolute Gasteiger partial charge is 0.756 e. The number of carbonyl (C=O) groups excluding carboxylic acids is 2. The number of unbranched alkanes of at least 4 members (excludes halogenated alkanes) is 41. The van der Waals surface area contributed by atoms with Gasteiger partial charge >= 0.3 is 11.9 Å². The molecular formula is C72H134NO8P. The lowest BCUT2D eigenvalue weighted by molar-refractivity contribution is -0.870. The molecule has 0 spiro atoms. The van der Waals surface area contributed by atoms with E-state index >= 15 is 0 Å². The Kier molecular flexibility index (Phi) is 61.5. The maximum Gasteiger partial charge on any atom is 0.306 e.